The Hall–Kier alpha value is -0.710. The Labute approximate surface area is 105 Å². The Morgan fingerprint density at radius 3 is 2.88 bits per heavy atom. The van der Waals surface area contributed by atoms with Crippen LogP contribution >= 0.6 is 23.4 Å². The van der Waals surface area contributed by atoms with Gasteiger partial charge in [0, 0.05) is 17.0 Å². The molecule has 0 bridgehead atoms. The average Bonchev–Trinajstić information content (AvgIpc) is 2.26. The van der Waals surface area contributed by atoms with Gasteiger partial charge in [0.05, 0.1) is 5.02 Å². The summed E-state index contributed by atoms with van der Waals surface area (Å²) in [6.07, 6.45) is 3.10. The summed E-state index contributed by atoms with van der Waals surface area (Å²) in [5.74, 6) is -0.0292. The zero-order chi connectivity index (χ0) is 12.0. The molecule has 0 heterocycles. The fraction of sp³-hybridized carbons (Fsp3) is 0.364. The predicted molar refractivity (Wildman–Crippen MR) is 70.2 cm³/mol. The molecule has 0 fully saturated rings. The number of hydrogen-bond donors (Lipinski definition) is 2. The van der Waals surface area contributed by atoms with E-state index in [1.54, 1.807) is 17.8 Å². The predicted octanol–water partition coefficient (Wildman–Crippen LogP) is 2.74. The smallest absolute Gasteiger partial charge is 0.224 e. The number of carbonyl (C=O) groups excluding carboxylic acids is 1. The summed E-state index contributed by atoms with van der Waals surface area (Å²) in [6.45, 7) is 0.527. The van der Waals surface area contributed by atoms with Crippen molar-refractivity contribution in [2.75, 3.05) is 18.1 Å². The molecule has 0 radical (unpaired) electrons. The van der Waals surface area contributed by atoms with Crippen LogP contribution < -0.4 is 11.1 Å². The lowest BCUT2D eigenvalue weighted by atomic mass is 10.2. The van der Waals surface area contributed by atoms with E-state index < -0.39 is 0 Å². The van der Waals surface area contributed by atoms with Crippen molar-refractivity contribution >= 4 is 35.0 Å². The largest absolute Gasteiger partial charge is 0.330 e. The van der Waals surface area contributed by atoms with Crippen molar-refractivity contribution in [3.05, 3.63) is 23.2 Å². The third-order valence-electron chi connectivity index (χ3n) is 2.04. The van der Waals surface area contributed by atoms with Crippen LogP contribution in [0.25, 0.3) is 0 Å². The summed E-state index contributed by atoms with van der Waals surface area (Å²) < 4.78 is 0. The lowest BCUT2D eigenvalue weighted by Gasteiger charge is -2.07. The Balaban J connectivity index is 2.61. The lowest BCUT2D eigenvalue weighted by Crippen LogP contribution is -2.13. The second-order valence-electron chi connectivity index (χ2n) is 3.29. The summed E-state index contributed by atoms with van der Waals surface area (Å²) in [6, 6.07) is 5.50. The van der Waals surface area contributed by atoms with Crippen LogP contribution in [0.2, 0.25) is 5.02 Å². The van der Waals surface area contributed by atoms with Gasteiger partial charge in [-0.15, -0.1) is 11.8 Å². The molecule has 0 saturated heterocycles. The first kappa shape index (κ1) is 13.4. The molecule has 1 aromatic carbocycles. The number of benzene rings is 1. The average molecular weight is 259 g/mol. The fourth-order valence-corrected chi connectivity index (χ4v) is 2.10. The van der Waals surface area contributed by atoms with Crippen LogP contribution in [0.15, 0.2) is 23.1 Å². The third kappa shape index (κ3) is 4.04. The SMILES string of the molecule is CSc1ccc(NC(=O)CCCN)cc1Cl. The van der Waals surface area contributed by atoms with E-state index in [0.29, 0.717) is 24.4 Å². The van der Waals surface area contributed by atoms with Gasteiger partial charge in [0.25, 0.3) is 0 Å². The molecule has 3 N–H and O–H groups in total. The molecule has 0 unspecified atom stereocenters. The van der Waals surface area contributed by atoms with Gasteiger partial charge in [0.2, 0.25) is 5.91 Å². The minimum absolute atomic E-state index is 0.0292. The number of anilines is 1. The van der Waals surface area contributed by atoms with E-state index >= 15 is 0 Å². The van der Waals surface area contributed by atoms with Crippen LogP contribution in [-0.4, -0.2) is 18.7 Å². The van der Waals surface area contributed by atoms with Crippen LogP contribution in [0.5, 0.6) is 0 Å². The first-order chi connectivity index (χ1) is 7.67. The van der Waals surface area contributed by atoms with Gasteiger partial charge in [0.1, 0.15) is 0 Å². The van der Waals surface area contributed by atoms with E-state index in [9.17, 15) is 4.79 Å². The van der Waals surface area contributed by atoms with Crippen LogP contribution in [0, 0.1) is 0 Å². The summed E-state index contributed by atoms with van der Waals surface area (Å²) >= 11 is 7.60. The maximum absolute atomic E-state index is 11.4. The molecule has 1 amide bonds. The number of amides is 1. The minimum Gasteiger partial charge on any atom is -0.330 e. The molecule has 0 saturated carbocycles. The van der Waals surface area contributed by atoms with E-state index in [0.717, 1.165) is 10.6 Å². The molecule has 16 heavy (non-hydrogen) atoms. The highest BCUT2D eigenvalue weighted by atomic mass is 35.5. The summed E-state index contributed by atoms with van der Waals surface area (Å²) in [7, 11) is 0. The molecule has 0 spiro atoms. The number of carbonyl (C=O) groups is 1. The Morgan fingerprint density at radius 2 is 2.31 bits per heavy atom. The van der Waals surface area contributed by atoms with Crippen molar-refractivity contribution in [3.63, 3.8) is 0 Å². The molecule has 3 nitrogen and oxygen atoms in total. The monoisotopic (exact) mass is 258 g/mol. The maximum Gasteiger partial charge on any atom is 0.224 e. The van der Waals surface area contributed by atoms with Crippen molar-refractivity contribution in [1.82, 2.24) is 0 Å². The Morgan fingerprint density at radius 1 is 1.56 bits per heavy atom. The second-order valence-corrected chi connectivity index (χ2v) is 4.55. The van der Waals surface area contributed by atoms with Gasteiger partial charge in [-0.2, -0.15) is 0 Å². The van der Waals surface area contributed by atoms with Crippen molar-refractivity contribution in [2.45, 2.75) is 17.7 Å². The van der Waals surface area contributed by atoms with Crippen molar-refractivity contribution in [1.29, 1.82) is 0 Å². The van der Waals surface area contributed by atoms with E-state index in [4.69, 9.17) is 17.3 Å². The van der Waals surface area contributed by atoms with Gasteiger partial charge in [0.15, 0.2) is 0 Å². The molecule has 5 heteroatoms. The zero-order valence-electron chi connectivity index (χ0n) is 9.13. The standard InChI is InChI=1S/C11H15ClN2OS/c1-16-10-5-4-8(7-9(10)12)14-11(15)3-2-6-13/h4-5,7H,2-3,6,13H2,1H3,(H,14,15). The number of thioether (sulfide) groups is 1. The van der Waals surface area contributed by atoms with Gasteiger partial charge >= 0.3 is 0 Å². The van der Waals surface area contributed by atoms with Crippen LogP contribution in [0.4, 0.5) is 5.69 Å². The van der Waals surface area contributed by atoms with E-state index in [2.05, 4.69) is 5.32 Å². The molecule has 0 aliphatic heterocycles. The van der Waals surface area contributed by atoms with Gasteiger partial charge < -0.3 is 11.1 Å². The number of nitrogens with two attached hydrogens (primary N) is 1. The zero-order valence-corrected chi connectivity index (χ0v) is 10.7. The summed E-state index contributed by atoms with van der Waals surface area (Å²) in [4.78, 5) is 12.4. The van der Waals surface area contributed by atoms with Crippen molar-refractivity contribution in [2.24, 2.45) is 5.73 Å². The molecule has 0 aliphatic rings. The van der Waals surface area contributed by atoms with Crippen LogP contribution in [0.3, 0.4) is 0 Å². The third-order valence-corrected chi connectivity index (χ3v) is 3.26. The first-order valence-electron chi connectivity index (χ1n) is 5.01. The van der Waals surface area contributed by atoms with Gasteiger partial charge in [-0.1, -0.05) is 11.6 Å². The molecule has 1 aromatic rings. The number of halogens is 1. The van der Waals surface area contributed by atoms with E-state index in [1.165, 1.54) is 0 Å². The summed E-state index contributed by atoms with van der Waals surface area (Å²) in [5, 5.41) is 3.44. The lowest BCUT2D eigenvalue weighted by molar-refractivity contribution is -0.116. The van der Waals surface area contributed by atoms with Crippen molar-refractivity contribution < 1.29 is 4.79 Å². The van der Waals surface area contributed by atoms with Gasteiger partial charge in [-0.25, -0.2) is 0 Å². The summed E-state index contributed by atoms with van der Waals surface area (Å²) in [5.41, 5.74) is 6.06. The quantitative estimate of drug-likeness (QED) is 0.799. The second kappa shape index (κ2) is 6.78. The maximum atomic E-state index is 11.4. The highest BCUT2D eigenvalue weighted by molar-refractivity contribution is 7.98. The first-order valence-corrected chi connectivity index (χ1v) is 6.61. The molecule has 0 aromatic heterocycles. The molecule has 88 valence electrons. The number of rotatable bonds is 5. The van der Waals surface area contributed by atoms with Crippen LogP contribution in [-0.2, 0) is 4.79 Å². The highest BCUT2D eigenvalue weighted by Crippen LogP contribution is 2.27. The Kier molecular flexibility index (Phi) is 5.66. The molecule has 0 aliphatic carbocycles. The molecular weight excluding hydrogens is 244 g/mol. The van der Waals surface area contributed by atoms with Gasteiger partial charge in [-0.3, -0.25) is 4.79 Å². The van der Waals surface area contributed by atoms with Crippen molar-refractivity contribution in [3.8, 4) is 0 Å². The highest BCUT2D eigenvalue weighted by Gasteiger charge is 2.04. The normalized spacial score (nSPS) is 10.2. The van der Waals surface area contributed by atoms with Gasteiger partial charge in [-0.05, 0) is 37.4 Å². The molecular formula is C11H15ClN2OS. The number of nitrogens with one attached hydrogen (secondary N) is 1. The topological polar surface area (TPSA) is 55.1 Å². The van der Waals surface area contributed by atoms with Crippen LogP contribution in [0.1, 0.15) is 12.8 Å². The van der Waals surface area contributed by atoms with E-state index in [-0.39, 0.29) is 5.91 Å². The van der Waals surface area contributed by atoms with E-state index in [1.807, 2.05) is 18.4 Å². The molecule has 0 atom stereocenters. The molecule has 1 rings (SSSR count). The fourth-order valence-electron chi connectivity index (χ4n) is 1.23. The Bertz CT molecular complexity index is 371. The number of hydrogen-bond acceptors (Lipinski definition) is 3. The minimum atomic E-state index is -0.0292.